The summed E-state index contributed by atoms with van der Waals surface area (Å²) in [7, 11) is 0. The average molecular weight is 528 g/mol. The van der Waals surface area contributed by atoms with Crippen LogP contribution in [0, 0.1) is 0 Å². The van der Waals surface area contributed by atoms with Crippen molar-refractivity contribution in [3.63, 3.8) is 0 Å². The molecule has 0 N–H and O–H groups in total. The topological polar surface area (TPSA) is 95.9 Å². The van der Waals surface area contributed by atoms with E-state index in [1.165, 1.54) is 15.9 Å². The Bertz CT molecular complexity index is 1700. The third-order valence-corrected chi connectivity index (χ3v) is 6.52. The van der Waals surface area contributed by atoms with Gasteiger partial charge in [-0.2, -0.15) is 9.50 Å². The second kappa shape index (κ2) is 11.3. The Morgan fingerprint density at radius 2 is 1.82 bits per heavy atom. The lowest BCUT2D eigenvalue weighted by atomic mass is 10.1. The van der Waals surface area contributed by atoms with Gasteiger partial charge in [-0.15, -0.1) is 5.10 Å². The summed E-state index contributed by atoms with van der Waals surface area (Å²) in [5.74, 6) is 2.08. The Hall–Kier alpha value is -4.50. The molecular formula is C29H25N3O5S. The van der Waals surface area contributed by atoms with Gasteiger partial charge in [0.25, 0.3) is 5.56 Å². The van der Waals surface area contributed by atoms with Gasteiger partial charge in [0.2, 0.25) is 4.96 Å². The quantitative estimate of drug-likeness (QED) is 0.246. The maximum atomic E-state index is 12.9. The van der Waals surface area contributed by atoms with Crippen LogP contribution in [-0.4, -0.2) is 33.8 Å². The van der Waals surface area contributed by atoms with Crippen molar-refractivity contribution in [2.24, 2.45) is 0 Å². The van der Waals surface area contributed by atoms with E-state index in [0.717, 1.165) is 23.3 Å². The zero-order chi connectivity index (χ0) is 26.5. The molecule has 3 heterocycles. The summed E-state index contributed by atoms with van der Waals surface area (Å²) in [4.78, 5) is 29.7. The van der Waals surface area contributed by atoms with Crippen molar-refractivity contribution in [3.05, 3.63) is 98.3 Å². The highest BCUT2D eigenvalue weighted by Gasteiger charge is 2.11. The summed E-state index contributed by atoms with van der Waals surface area (Å²) >= 11 is 1.25. The highest BCUT2D eigenvalue weighted by Crippen LogP contribution is 2.23. The molecule has 0 amide bonds. The van der Waals surface area contributed by atoms with Gasteiger partial charge in [-0.05, 0) is 61.4 Å². The Morgan fingerprint density at radius 3 is 2.53 bits per heavy atom. The highest BCUT2D eigenvalue weighted by atomic mass is 32.1. The van der Waals surface area contributed by atoms with Crippen LogP contribution in [0.2, 0.25) is 0 Å². The summed E-state index contributed by atoms with van der Waals surface area (Å²) in [6.45, 7) is 4.85. The predicted molar refractivity (Wildman–Crippen MR) is 147 cm³/mol. The Morgan fingerprint density at radius 1 is 1.03 bits per heavy atom. The standard InChI is InChI=1S/C29H25N3O5S/c1-3-17-36-22-12-5-19(6-13-22)7-16-26-30-29-32(31-26)27(33)25(38-29)18-23-14-15-24(37-23)20-8-10-21(11-9-20)28(34)35-4-2/h5-16,18H,3-4,17H2,1-2H3/b16-7+,25-18-. The molecule has 0 atom stereocenters. The minimum absolute atomic E-state index is 0.258. The third-order valence-electron chi connectivity index (χ3n) is 5.56. The first kappa shape index (κ1) is 25.2. The first-order valence-corrected chi connectivity index (χ1v) is 13.1. The number of carbonyl (C=O) groups excluding carboxylic acids is 1. The van der Waals surface area contributed by atoms with Gasteiger partial charge in [0.15, 0.2) is 5.82 Å². The zero-order valence-corrected chi connectivity index (χ0v) is 21.7. The van der Waals surface area contributed by atoms with E-state index in [9.17, 15) is 9.59 Å². The number of hydrogen-bond donors (Lipinski definition) is 0. The molecule has 0 aliphatic heterocycles. The monoisotopic (exact) mass is 527 g/mol. The molecule has 0 spiro atoms. The lowest BCUT2D eigenvalue weighted by Crippen LogP contribution is -2.23. The zero-order valence-electron chi connectivity index (χ0n) is 20.9. The van der Waals surface area contributed by atoms with Crippen LogP contribution in [0.15, 0.2) is 69.9 Å². The van der Waals surface area contributed by atoms with Crippen LogP contribution in [-0.2, 0) is 4.74 Å². The molecule has 5 aromatic rings. The van der Waals surface area contributed by atoms with Crippen LogP contribution in [0.3, 0.4) is 0 Å². The molecule has 5 rings (SSSR count). The predicted octanol–water partition coefficient (Wildman–Crippen LogP) is 5.09. The molecule has 0 fully saturated rings. The minimum atomic E-state index is -0.364. The number of ether oxygens (including phenoxy) is 2. The van der Waals surface area contributed by atoms with E-state index in [2.05, 4.69) is 17.0 Å². The number of rotatable bonds is 9. The number of hydrogen-bond acceptors (Lipinski definition) is 8. The van der Waals surface area contributed by atoms with E-state index in [4.69, 9.17) is 13.9 Å². The molecule has 0 aliphatic carbocycles. The molecule has 8 nitrogen and oxygen atoms in total. The Balaban J connectivity index is 1.31. The number of fused-ring (bicyclic) bond motifs is 1. The number of benzene rings is 2. The largest absolute Gasteiger partial charge is 0.494 e. The Kier molecular flexibility index (Phi) is 7.46. The number of furan rings is 1. The van der Waals surface area contributed by atoms with Gasteiger partial charge in [-0.1, -0.05) is 48.6 Å². The fourth-order valence-electron chi connectivity index (χ4n) is 3.69. The van der Waals surface area contributed by atoms with Crippen LogP contribution < -0.4 is 14.8 Å². The molecular weight excluding hydrogens is 502 g/mol. The maximum Gasteiger partial charge on any atom is 0.338 e. The third kappa shape index (κ3) is 5.57. The molecule has 0 saturated carbocycles. The number of thiazole rings is 1. The summed E-state index contributed by atoms with van der Waals surface area (Å²) in [6, 6.07) is 18.3. The number of carbonyl (C=O) groups is 1. The van der Waals surface area contributed by atoms with E-state index >= 15 is 0 Å². The first-order chi connectivity index (χ1) is 18.5. The van der Waals surface area contributed by atoms with E-state index in [1.807, 2.05) is 36.4 Å². The van der Waals surface area contributed by atoms with Crippen LogP contribution in [0.5, 0.6) is 5.75 Å². The number of nitrogens with zero attached hydrogens (tertiary/aromatic N) is 3. The second-order valence-electron chi connectivity index (χ2n) is 8.33. The number of aromatic nitrogens is 3. The van der Waals surface area contributed by atoms with E-state index in [0.29, 0.717) is 45.6 Å². The molecule has 0 unspecified atom stereocenters. The van der Waals surface area contributed by atoms with Crippen LogP contribution in [0.4, 0.5) is 0 Å². The first-order valence-electron chi connectivity index (χ1n) is 12.2. The van der Waals surface area contributed by atoms with Gasteiger partial charge in [-0.25, -0.2) is 4.79 Å². The fourth-order valence-corrected chi connectivity index (χ4v) is 4.58. The van der Waals surface area contributed by atoms with Crippen LogP contribution in [0.1, 0.15) is 47.8 Å². The van der Waals surface area contributed by atoms with Crippen molar-refractivity contribution >= 4 is 40.5 Å². The lowest BCUT2D eigenvalue weighted by molar-refractivity contribution is 0.0526. The van der Waals surface area contributed by atoms with Gasteiger partial charge in [0.1, 0.15) is 21.8 Å². The molecule has 38 heavy (non-hydrogen) atoms. The minimum Gasteiger partial charge on any atom is -0.494 e. The van der Waals surface area contributed by atoms with Crippen LogP contribution >= 0.6 is 11.3 Å². The van der Waals surface area contributed by atoms with Crippen molar-refractivity contribution in [1.29, 1.82) is 0 Å². The molecule has 0 bridgehead atoms. The lowest BCUT2D eigenvalue weighted by Gasteiger charge is -2.03. The summed E-state index contributed by atoms with van der Waals surface area (Å²) < 4.78 is 18.3. The molecule has 0 saturated heterocycles. The summed E-state index contributed by atoms with van der Waals surface area (Å²) in [5, 5.41) is 4.34. The molecule has 3 aromatic heterocycles. The Labute approximate surface area is 222 Å². The normalized spacial score (nSPS) is 12.0. The van der Waals surface area contributed by atoms with E-state index in [-0.39, 0.29) is 11.5 Å². The molecule has 192 valence electrons. The smallest absolute Gasteiger partial charge is 0.338 e. The van der Waals surface area contributed by atoms with Crippen molar-refractivity contribution in [3.8, 4) is 17.1 Å². The van der Waals surface area contributed by atoms with Crippen molar-refractivity contribution in [2.75, 3.05) is 13.2 Å². The summed E-state index contributed by atoms with van der Waals surface area (Å²) in [6.07, 6.45) is 6.31. The van der Waals surface area contributed by atoms with Crippen LogP contribution in [0.25, 0.3) is 34.5 Å². The second-order valence-corrected chi connectivity index (χ2v) is 9.34. The summed E-state index contributed by atoms with van der Waals surface area (Å²) in [5.41, 5.74) is 2.00. The van der Waals surface area contributed by atoms with Gasteiger partial charge < -0.3 is 13.9 Å². The van der Waals surface area contributed by atoms with Gasteiger partial charge >= 0.3 is 5.97 Å². The van der Waals surface area contributed by atoms with Crippen molar-refractivity contribution < 1.29 is 18.7 Å². The van der Waals surface area contributed by atoms with Crippen molar-refractivity contribution in [1.82, 2.24) is 14.6 Å². The molecule has 9 heteroatoms. The highest BCUT2D eigenvalue weighted by molar-refractivity contribution is 7.15. The van der Waals surface area contributed by atoms with Gasteiger partial charge in [-0.3, -0.25) is 4.79 Å². The van der Waals surface area contributed by atoms with Crippen molar-refractivity contribution in [2.45, 2.75) is 20.3 Å². The average Bonchev–Trinajstić information content (AvgIpc) is 3.64. The SMILES string of the molecule is CCCOc1ccc(/C=C/c2nc3s/c(=C\c4ccc(-c5ccc(C(=O)OCC)cc5)o4)c(=O)n3n2)cc1. The molecule has 0 aliphatic rings. The molecule has 2 aromatic carbocycles. The fraction of sp³-hybridized carbons (Fsp3) is 0.172. The maximum absolute atomic E-state index is 12.9. The number of esters is 1. The van der Waals surface area contributed by atoms with E-state index < -0.39 is 0 Å². The molecule has 0 radical (unpaired) electrons. The van der Waals surface area contributed by atoms with Gasteiger partial charge in [0, 0.05) is 11.6 Å². The van der Waals surface area contributed by atoms with Gasteiger partial charge in [0.05, 0.1) is 18.8 Å². The van der Waals surface area contributed by atoms with E-state index in [1.54, 1.807) is 49.4 Å².